The molecule has 118 valence electrons. The molecule has 0 heterocycles. The highest BCUT2D eigenvalue weighted by Crippen LogP contribution is 2.33. The summed E-state index contributed by atoms with van der Waals surface area (Å²) in [5.41, 5.74) is 6.82. The van der Waals surface area contributed by atoms with Gasteiger partial charge in [-0.25, -0.2) is 13.1 Å². The molecular formula is C15H25N3O2S. The Morgan fingerprint density at radius 1 is 1.29 bits per heavy atom. The summed E-state index contributed by atoms with van der Waals surface area (Å²) in [5, 5.41) is 0. The van der Waals surface area contributed by atoms with Gasteiger partial charge in [-0.2, -0.15) is 0 Å². The van der Waals surface area contributed by atoms with Gasteiger partial charge in [-0.05, 0) is 51.6 Å². The van der Waals surface area contributed by atoms with E-state index in [1.54, 1.807) is 19.1 Å². The van der Waals surface area contributed by atoms with Crippen LogP contribution in [0.15, 0.2) is 23.1 Å². The fraction of sp³-hybridized carbons (Fsp3) is 0.600. The van der Waals surface area contributed by atoms with Gasteiger partial charge in [0.05, 0.1) is 4.90 Å². The Labute approximate surface area is 127 Å². The summed E-state index contributed by atoms with van der Waals surface area (Å²) < 4.78 is 27.9. The quantitative estimate of drug-likeness (QED) is 0.812. The molecule has 0 amide bonds. The molecule has 0 aliphatic heterocycles. The first-order valence-electron chi connectivity index (χ1n) is 7.30. The van der Waals surface area contributed by atoms with Gasteiger partial charge < -0.3 is 10.6 Å². The van der Waals surface area contributed by atoms with Gasteiger partial charge in [0, 0.05) is 17.8 Å². The average molecular weight is 311 g/mol. The lowest BCUT2D eigenvalue weighted by atomic mass is 9.97. The van der Waals surface area contributed by atoms with Crippen molar-refractivity contribution < 1.29 is 8.42 Å². The third-order valence-corrected chi connectivity index (χ3v) is 6.12. The summed E-state index contributed by atoms with van der Waals surface area (Å²) in [4.78, 5) is 2.42. The predicted octanol–water partition coefficient (Wildman–Crippen LogP) is 1.73. The average Bonchev–Trinajstić information content (AvgIpc) is 2.89. The van der Waals surface area contributed by atoms with Crippen molar-refractivity contribution in [2.45, 2.75) is 43.0 Å². The lowest BCUT2D eigenvalue weighted by Gasteiger charge is -2.36. The van der Waals surface area contributed by atoms with E-state index in [1.165, 1.54) is 6.07 Å². The summed E-state index contributed by atoms with van der Waals surface area (Å²) in [7, 11) is 0.509. The fourth-order valence-corrected chi connectivity index (χ4v) is 4.43. The molecule has 0 unspecified atom stereocenters. The number of nitrogens with one attached hydrogen (secondary N) is 1. The molecule has 1 aromatic carbocycles. The van der Waals surface area contributed by atoms with Crippen molar-refractivity contribution in [1.82, 2.24) is 9.62 Å². The van der Waals surface area contributed by atoms with E-state index in [9.17, 15) is 8.42 Å². The summed E-state index contributed by atoms with van der Waals surface area (Å²) >= 11 is 0. The molecule has 0 atom stereocenters. The van der Waals surface area contributed by atoms with Crippen LogP contribution in [0.3, 0.4) is 0 Å². The SMILES string of the molecule is Cc1ccc(N)cc1S(=O)(=O)NCC1(N(C)C)CCCC1. The Morgan fingerprint density at radius 2 is 1.90 bits per heavy atom. The molecule has 21 heavy (non-hydrogen) atoms. The van der Waals surface area contributed by atoms with Gasteiger partial charge >= 0.3 is 0 Å². The first-order chi connectivity index (χ1) is 9.77. The Bertz CT molecular complexity index is 605. The number of sulfonamides is 1. The Hall–Kier alpha value is -1.11. The van der Waals surface area contributed by atoms with Crippen LogP contribution in [-0.2, 0) is 10.0 Å². The molecule has 1 aliphatic rings. The van der Waals surface area contributed by atoms with Gasteiger partial charge in [-0.1, -0.05) is 18.9 Å². The molecule has 2 rings (SSSR count). The smallest absolute Gasteiger partial charge is 0.240 e. The molecule has 1 aliphatic carbocycles. The van der Waals surface area contributed by atoms with E-state index in [2.05, 4.69) is 9.62 Å². The molecule has 1 fully saturated rings. The first kappa shape index (κ1) is 16.3. The number of likely N-dealkylation sites (N-methyl/N-ethyl adjacent to an activating group) is 1. The third-order valence-electron chi connectivity index (χ3n) is 4.58. The second-order valence-electron chi connectivity index (χ2n) is 6.18. The standard InChI is InChI=1S/C15H25N3O2S/c1-12-6-7-13(16)10-14(12)21(19,20)17-11-15(18(2)3)8-4-5-9-15/h6-7,10,17H,4-5,8-9,11,16H2,1-3H3. The van der Waals surface area contributed by atoms with E-state index in [4.69, 9.17) is 5.73 Å². The number of nitrogen functional groups attached to an aromatic ring is 1. The van der Waals surface area contributed by atoms with E-state index < -0.39 is 10.0 Å². The summed E-state index contributed by atoms with van der Waals surface area (Å²) in [6.07, 6.45) is 4.35. The molecule has 0 saturated heterocycles. The van der Waals surface area contributed by atoms with Crippen LogP contribution < -0.4 is 10.5 Å². The van der Waals surface area contributed by atoms with Gasteiger partial charge in [0.2, 0.25) is 10.0 Å². The minimum atomic E-state index is -3.53. The van der Waals surface area contributed by atoms with E-state index >= 15 is 0 Å². The van der Waals surface area contributed by atoms with Crippen LogP contribution in [0.4, 0.5) is 5.69 Å². The lowest BCUT2D eigenvalue weighted by Crippen LogP contribution is -2.50. The van der Waals surface area contributed by atoms with Crippen LogP contribution >= 0.6 is 0 Å². The van der Waals surface area contributed by atoms with Crippen molar-refractivity contribution in [1.29, 1.82) is 0 Å². The van der Waals surface area contributed by atoms with Crippen LogP contribution in [0.25, 0.3) is 0 Å². The van der Waals surface area contributed by atoms with Crippen LogP contribution in [-0.4, -0.2) is 39.5 Å². The highest BCUT2D eigenvalue weighted by atomic mass is 32.2. The number of aryl methyl sites for hydroxylation is 1. The molecule has 6 heteroatoms. The minimum absolute atomic E-state index is 0.0682. The number of nitrogens with zero attached hydrogens (tertiary/aromatic N) is 1. The number of nitrogens with two attached hydrogens (primary N) is 1. The van der Waals surface area contributed by atoms with Gasteiger partial charge in [0.1, 0.15) is 0 Å². The summed E-state index contributed by atoms with van der Waals surface area (Å²) in [6.45, 7) is 2.22. The van der Waals surface area contributed by atoms with Crippen molar-refractivity contribution in [3.63, 3.8) is 0 Å². The molecule has 1 saturated carbocycles. The number of hydrogen-bond donors (Lipinski definition) is 2. The largest absolute Gasteiger partial charge is 0.399 e. The summed E-state index contributed by atoms with van der Waals surface area (Å²) in [6, 6.07) is 4.97. The van der Waals surface area contributed by atoms with Gasteiger partial charge in [-0.3, -0.25) is 0 Å². The Balaban J connectivity index is 2.20. The molecule has 0 aromatic heterocycles. The minimum Gasteiger partial charge on any atom is -0.399 e. The highest BCUT2D eigenvalue weighted by molar-refractivity contribution is 7.89. The topological polar surface area (TPSA) is 75.4 Å². The Morgan fingerprint density at radius 3 is 2.48 bits per heavy atom. The zero-order chi connectivity index (χ0) is 15.7. The molecular weight excluding hydrogens is 286 g/mol. The monoisotopic (exact) mass is 311 g/mol. The van der Waals surface area contributed by atoms with Crippen molar-refractivity contribution in [2.75, 3.05) is 26.4 Å². The number of benzene rings is 1. The van der Waals surface area contributed by atoms with Crippen LogP contribution in [0.1, 0.15) is 31.2 Å². The molecule has 0 spiro atoms. The second-order valence-corrected chi connectivity index (χ2v) is 7.91. The molecule has 5 nitrogen and oxygen atoms in total. The van der Waals surface area contributed by atoms with Crippen molar-refractivity contribution in [3.8, 4) is 0 Å². The highest BCUT2D eigenvalue weighted by Gasteiger charge is 2.37. The van der Waals surface area contributed by atoms with Crippen molar-refractivity contribution in [2.24, 2.45) is 0 Å². The number of rotatable bonds is 5. The maximum atomic E-state index is 12.5. The third kappa shape index (κ3) is 3.39. The van der Waals surface area contributed by atoms with Gasteiger partial charge in [-0.15, -0.1) is 0 Å². The zero-order valence-corrected chi connectivity index (χ0v) is 13.8. The van der Waals surface area contributed by atoms with Gasteiger partial charge in [0.25, 0.3) is 0 Å². The second kappa shape index (κ2) is 5.94. The van der Waals surface area contributed by atoms with Gasteiger partial charge in [0.15, 0.2) is 0 Å². The molecule has 0 bridgehead atoms. The van der Waals surface area contributed by atoms with Crippen LogP contribution in [0, 0.1) is 6.92 Å². The van der Waals surface area contributed by atoms with Crippen LogP contribution in [0.5, 0.6) is 0 Å². The normalized spacial score (nSPS) is 18.3. The zero-order valence-electron chi connectivity index (χ0n) is 13.0. The maximum absolute atomic E-state index is 12.5. The van der Waals surface area contributed by atoms with Crippen LogP contribution in [0.2, 0.25) is 0 Å². The first-order valence-corrected chi connectivity index (χ1v) is 8.78. The van der Waals surface area contributed by atoms with E-state index in [0.29, 0.717) is 17.8 Å². The van der Waals surface area contributed by atoms with Crippen molar-refractivity contribution >= 4 is 15.7 Å². The molecule has 3 N–H and O–H groups in total. The Kier molecular flexibility index (Phi) is 4.60. The maximum Gasteiger partial charge on any atom is 0.240 e. The molecule has 0 radical (unpaired) electrons. The fourth-order valence-electron chi connectivity index (χ4n) is 3.03. The number of anilines is 1. The number of hydrogen-bond acceptors (Lipinski definition) is 4. The lowest BCUT2D eigenvalue weighted by molar-refractivity contribution is 0.162. The van der Waals surface area contributed by atoms with Crippen molar-refractivity contribution in [3.05, 3.63) is 23.8 Å². The van der Waals surface area contributed by atoms with E-state index in [0.717, 1.165) is 25.7 Å². The van der Waals surface area contributed by atoms with E-state index in [1.807, 2.05) is 14.1 Å². The molecule has 1 aromatic rings. The van der Waals surface area contributed by atoms with E-state index in [-0.39, 0.29) is 10.4 Å². The predicted molar refractivity (Wildman–Crippen MR) is 85.7 cm³/mol. The summed E-state index contributed by atoms with van der Waals surface area (Å²) in [5.74, 6) is 0.